The first kappa shape index (κ1) is 9.67. The predicted octanol–water partition coefficient (Wildman–Crippen LogP) is 0.513. The van der Waals surface area contributed by atoms with Gasteiger partial charge in [0.05, 0.1) is 0 Å². The van der Waals surface area contributed by atoms with Gasteiger partial charge in [0.1, 0.15) is 0 Å². The lowest BCUT2D eigenvalue weighted by molar-refractivity contribution is 0.400. The van der Waals surface area contributed by atoms with Gasteiger partial charge < -0.3 is 0 Å². The number of rotatable bonds is 0. The lowest BCUT2D eigenvalue weighted by Crippen LogP contribution is -2.02. The minimum atomic E-state index is -2.29. The van der Waals surface area contributed by atoms with Gasteiger partial charge in [-0.1, -0.05) is 0 Å². The van der Waals surface area contributed by atoms with Crippen LogP contribution in [0.3, 0.4) is 0 Å². The van der Waals surface area contributed by atoms with Crippen molar-refractivity contribution >= 4 is 0 Å². The molecule has 0 rings (SSSR count). The largest absolute Gasteiger partial charge is 0.298 e. The second kappa shape index (κ2) is 9.07. The van der Waals surface area contributed by atoms with Gasteiger partial charge in [-0.05, 0) is 0 Å². The maximum Gasteiger partial charge on any atom is 0.298 e. The molecule has 0 aliphatic heterocycles. The van der Waals surface area contributed by atoms with Crippen molar-refractivity contribution in [2.24, 2.45) is 11.7 Å². The summed E-state index contributed by atoms with van der Waals surface area (Å²) >= 11 is 0. The molecule has 0 amide bonds. The van der Waals surface area contributed by atoms with Gasteiger partial charge in [0, 0.05) is 0 Å². The van der Waals surface area contributed by atoms with Gasteiger partial charge in [-0.15, -0.1) is 0 Å². The Morgan fingerprint density at radius 3 is 1.43 bits per heavy atom. The summed E-state index contributed by atoms with van der Waals surface area (Å²) in [6.07, 6.45) is -3.04. The molecule has 0 aromatic rings. The van der Waals surface area contributed by atoms with E-state index in [1.54, 1.807) is 0 Å². The smallest absolute Gasteiger partial charge is 0.274 e. The van der Waals surface area contributed by atoms with Crippen molar-refractivity contribution in [3.8, 4) is 0 Å². The molecule has 0 saturated carbocycles. The van der Waals surface area contributed by atoms with Crippen LogP contribution in [0.15, 0.2) is 12.4 Å². The Bertz CT molecular complexity index is 48.9. The second-order valence-electron chi connectivity index (χ2n) is 0.399. The van der Waals surface area contributed by atoms with E-state index in [2.05, 4.69) is 11.7 Å². The molecular formula is C2H5F3N2. The third-order valence-electron chi connectivity index (χ3n) is 0.0825. The maximum atomic E-state index is 10.2. The highest BCUT2D eigenvalue weighted by Gasteiger charge is 1.78. The Kier molecular flexibility index (Phi) is 12.5. The van der Waals surface area contributed by atoms with Gasteiger partial charge in [-0.25, -0.2) is 4.39 Å². The number of halogens is 3. The summed E-state index contributed by atoms with van der Waals surface area (Å²) in [7, 11) is 0. The molecule has 0 fully saturated rings. The normalized spacial score (nSPS) is 5.86. The standard InChI is InChI=1S/C2HF3.H4N2/c3-1-2(4)5;1-2/h1H;1-2H2. The van der Waals surface area contributed by atoms with Gasteiger partial charge in [-0.2, -0.15) is 8.78 Å². The summed E-state index contributed by atoms with van der Waals surface area (Å²) in [6, 6.07) is 0. The summed E-state index contributed by atoms with van der Waals surface area (Å²) in [4.78, 5) is 0. The molecule has 2 nitrogen and oxygen atoms in total. The molecule has 0 aliphatic rings. The lowest BCUT2D eigenvalue weighted by Gasteiger charge is -1.59. The topological polar surface area (TPSA) is 52.0 Å². The van der Waals surface area contributed by atoms with E-state index in [0.29, 0.717) is 0 Å². The minimum absolute atomic E-state index is 0.750. The molecule has 0 radical (unpaired) electrons. The highest BCUT2D eigenvalue weighted by molar-refractivity contribution is 4.66. The molecule has 0 spiro atoms. The molecule has 0 atom stereocenters. The second-order valence-corrected chi connectivity index (χ2v) is 0.399. The van der Waals surface area contributed by atoms with Crippen LogP contribution in [0, 0.1) is 0 Å². The Hall–Kier alpha value is -0.550. The minimum Gasteiger partial charge on any atom is -0.274 e. The molecule has 0 saturated heterocycles. The Morgan fingerprint density at radius 1 is 1.29 bits per heavy atom. The molecule has 0 aromatic carbocycles. The molecule has 0 aromatic heterocycles. The van der Waals surface area contributed by atoms with Crippen molar-refractivity contribution in [2.45, 2.75) is 0 Å². The van der Waals surface area contributed by atoms with Crippen LogP contribution < -0.4 is 11.7 Å². The third kappa shape index (κ3) is 30.9. The summed E-state index contributed by atoms with van der Waals surface area (Å²) in [5.74, 6) is 8.00. The molecule has 44 valence electrons. The lowest BCUT2D eigenvalue weighted by atomic mass is 11.1. The zero-order chi connectivity index (χ0) is 6.28. The van der Waals surface area contributed by atoms with Crippen molar-refractivity contribution in [3.63, 3.8) is 0 Å². The van der Waals surface area contributed by atoms with Crippen LogP contribution in [-0.2, 0) is 0 Å². The first-order valence-electron chi connectivity index (χ1n) is 1.22. The monoisotopic (exact) mass is 114 g/mol. The zero-order valence-corrected chi connectivity index (χ0v) is 3.37. The average molecular weight is 114 g/mol. The van der Waals surface area contributed by atoms with Crippen molar-refractivity contribution in [1.82, 2.24) is 0 Å². The summed E-state index contributed by atoms with van der Waals surface area (Å²) < 4.78 is 30.7. The van der Waals surface area contributed by atoms with Crippen LogP contribution in [0.25, 0.3) is 0 Å². The summed E-state index contributed by atoms with van der Waals surface area (Å²) in [6.45, 7) is 0. The van der Waals surface area contributed by atoms with Gasteiger partial charge in [0.25, 0.3) is 6.08 Å². The SMILES string of the molecule is FC=C(F)F.NN. The number of hydrogen-bond acceptors (Lipinski definition) is 2. The van der Waals surface area contributed by atoms with Gasteiger partial charge in [-0.3, -0.25) is 11.7 Å². The molecule has 0 aliphatic carbocycles. The van der Waals surface area contributed by atoms with Crippen LogP contribution >= 0.6 is 0 Å². The number of nitrogens with two attached hydrogens (primary N) is 2. The van der Waals surface area contributed by atoms with Crippen LogP contribution in [-0.4, -0.2) is 0 Å². The maximum absolute atomic E-state index is 10.2. The van der Waals surface area contributed by atoms with E-state index in [1.165, 1.54) is 0 Å². The Morgan fingerprint density at radius 2 is 1.43 bits per heavy atom. The fourth-order valence-corrected chi connectivity index (χ4v) is 0. The zero-order valence-electron chi connectivity index (χ0n) is 3.37. The molecule has 4 N–H and O–H groups in total. The van der Waals surface area contributed by atoms with Gasteiger partial charge in [0.15, 0.2) is 6.33 Å². The quantitative estimate of drug-likeness (QED) is 0.356. The van der Waals surface area contributed by atoms with Crippen molar-refractivity contribution in [2.75, 3.05) is 0 Å². The number of hydrogen-bond donors (Lipinski definition) is 2. The van der Waals surface area contributed by atoms with Crippen LogP contribution in [0.5, 0.6) is 0 Å². The number of hydrazine groups is 1. The molecule has 0 bridgehead atoms. The first-order valence-corrected chi connectivity index (χ1v) is 1.22. The van der Waals surface area contributed by atoms with Crippen LogP contribution in [0.4, 0.5) is 13.2 Å². The fraction of sp³-hybridized carbons (Fsp3) is 0. The van der Waals surface area contributed by atoms with Crippen LogP contribution in [0.1, 0.15) is 0 Å². The summed E-state index contributed by atoms with van der Waals surface area (Å²) in [5.41, 5.74) is 0. The van der Waals surface area contributed by atoms with Crippen molar-refractivity contribution < 1.29 is 13.2 Å². The fourth-order valence-electron chi connectivity index (χ4n) is 0. The summed E-state index contributed by atoms with van der Waals surface area (Å²) in [5, 5.41) is 0. The highest BCUT2D eigenvalue weighted by Crippen LogP contribution is 1.93. The Labute approximate surface area is 38.6 Å². The van der Waals surface area contributed by atoms with E-state index in [0.717, 1.165) is 0 Å². The third-order valence-corrected chi connectivity index (χ3v) is 0.0825. The average Bonchev–Trinajstić information content (AvgIpc) is 1.73. The van der Waals surface area contributed by atoms with E-state index in [1.807, 2.05) is 0 Å². The van der Waals surface area contributed by atoms with Crippen LogP contribution in [0.2, 0.25) is 0 Å². The van der Waals surface area contributed by atoms with E-state index in [9.17, 15) is 13.2 Å². The van der Waals surface area contributed by atoms with E-state index < -0.39 is 12.4 Å². The van der Waals surface area contributed by atoms with Gasteiger partial charge >= 0.3 is 0 Å². The van der Waals surface area contributed by atoms with Crippen molar-refractivity contribution in [1.29, 1.82) is 0 Å². The molecule has 5 heteroatoms. The Balaban J connectivity index is 0. The molecule has 0 unspecified atom stereocenters. The van der Waals surface area contributed by atoms with E-state index in [4.69, 9.17) is 0 Å². The molecule has 7 heavy (non-hydrogen) atoms. The van der Waals surface area contributed by atoms with E-state index in [-0.39, 0.29) is 0 Å². The van der Waals surface area contributed by atoms with E-state index >= 15 is 0 Å². The van der Waals surface area contributed by atoms with Crippen molar-refractivity contribution in [3.05, 3.63) is 12.4 Å². The molecule has 0 heterocycles. The first-order chi connectivity index (χ1) is 3.27. The highest BCUT2D eigenvalue weighted by atomic mass is 19.3. The predicted molar refractivity (Wildman–Crippen MR) is 19.8 cm³/mol. The molecular weight excluding hydrogens is 109 g/mol. The van der Waals surface area contributed by atoms with Gasteiger partial charge in [0.2, 0.25) is 0 Å².